The van der Waals surface area contributed by atoms with Crippen molar-refractivity contribution in [3.63, 3.8) is 0 Å². The van der Waals surface area contributed by atoms with Gasteiger partial charge in [-0.2, -0.15) is 0 Å². The fourth-order valence-corrected chi connectivity index (χ4v) is 2.71. The zero-order valence-electron chi connectivity index (χ0n) is 15.6. The zero-order chi connectivity index (χ0) is 19.9. The number of methoxy groups -OCH3 is 2. The number of benzene rings is 3. The minimum atomic E-state index is -0.402. The summed E-state index contributed by atoms with van der Waals surface area (Å²) in [4.78, 5) is 23.8. The van der Waals surface area contributed by atoms with Gasteiger partial charge in [-0.15, -0.1) is 0 Å². The lowest BCUT2D eigenvalue weighted by Crippen LogP contribution is -2.06. The molecule has 0 aliphatic heterocycles. The summed E-state index contributed by atoms with van der Waals surface area (Å²) >= 11 is 0. The monoisotopic (exact) mass is 376 g/mol. The van der Waals surface area contributed by atoms with Crippen molar-refractivity contribution in [1.82, 2.24) is 0 Å². The molecule has 0 amide bonds. The second kappa shape index (κ2) is 8.73. The number of rotatable bonds is 6. The molecule has 3 rings (SSSR count). The van der Waals surface area contributed by atoms with Crippen LogP contribution in [0.15, 0.2) is 72.8 Å². The van der Waals surface area contributed by atoms with Crippen LogP contribution in [0.2, 0.25) is 0 Å². The van der Waals surface area contributed by atoms with Gasteiger partial charge in [-0.25, -0.2) is 9.59 Å². The van der Waals surface area contributed by atoms with Gasteiger partial charge in [0.05, 0.1) is 36.7 Å². The van der Waals surface area contributed by atoms with Gasteiger partial charge in [0.2, 0.25) is 0 Å². The highest BCUT2D eigenvalue weighted by Gasteiger charge is 2.12. The van der Waals surface area contributed by atoms with Crippen LogP contribution >= 0.6 is 0 Å². The van der Waals surface area contributed by atoms with E-state index in [9.17, 15) is 9.59 Å². The van der Waals surface area contributed by atoms with E-state index in [0.717, 1.165) is 11.4 Å². The normalized spacial score (nSPS) is 10.1. The molecule has 6 nitrogen and oxygen atoms in total. The summed E-state index contributed by atoms with van der Waals surface area (Å²) in [7, 11) is 2.71. The van der Waals surface area contributed by atoms with Crippen molar-refractivity contribution in [1.29, 1.82) is 0 Å². The lowest BCUT2D eigenvalue weighted by atomic mass is 10.1. The van der Waals surface area contributed by atoms with Gasteiger partial charge in [-0.3, -0.25) is 0 Å². The van der Waals surface area contributed by atoms with Crippen molar-refractivity contribution in [2.24, 2.45) is 0 Å². The second-order valence-corrected chi connectivity index (χ2v) is 5.90. The second-order valence-electron chi connectivity index (χ2n) is 5.90. The predicted octanol–water partition coefficient (Wildman–Crippen LogP) is 4.75. The van der Waals surface area contributed by atoms with Gasteiger partial charge in [-0.05, 0) is 48.5 Å². The van der Waals surface area contributed by atoms with Gasteiger partial charge in [0, 0.05) is 11.4 Å². The Morgan fingerprint density at radius 2 is 0.964 bits per heavy atom. The largest absolute Gasteiger partial charge is 0.465 e. The first-order valence-electron chi connectivity index (χ1n) is 8.61. The van der Waals surface area contributed by atoms with Crippen molar-refractivity contribution in [2.75, 3.05) is 24.9 Å². The summed E-state index contributed by atoms with van der Waals surface area (Å²) in [6.07, 6.45) is 0. The van der Waals surface area contributed by atoms with Gasteiger partial charge in [0.25, 0.3) is 0 Å². The molecule has 3 aromatic carbocycles. The van der Waals surface area contributed by atoms with Gasteiger partial charge < -0.3 is 20.1 Å². The van der Waals surface area contributed by atoms with Gasteiger partial charge in [0.15, 0.2) is 0 Å². The molecule has 0 heterocycles. The molecule has 2 N–H and O–H groups in total. The smallest absolute Gasteiger partial charge is 0.339 e. The highest BCUT2D eigenvalue weighted by atomic mass is 16.5. The van der Waals surface area contributed by atoms with E-state index in [1.807, 2.05) is 48.5 Å². The molecule has 3 aromatic rings. The summed E-state index contributed by atoms with van der Waals surface area (Å²) in [5.41, 5.74) is 3.85. The first kappa shape index (κ1) is 19.0. The Labute approximate surface area is 163 Å². The van der Waals surface area contributed by atoms with Crippen molar-refractivity contribution in [2.45, 2.75) is 0 Å². The Kier molecular flexibility index (Phi) is 5.91. The SMILES string of the molecule is COC(=O)c1ccccc1Nc1ccc(Nc2ccccc2C(=O)OC)cc1. The number of carbonyl (C=O) groups is 2. The third kappa shape index (κ3) is 4.29. The van der Waals surface area contributed by atoms with E-state index in [1.54, 1.807) is 24.3 Å². The Balaban J connectivity index is 1.77. The molecule has 142 valence electrons. The van der Waals surface area contributed by atoms with E-state index >= 15 is 0 Å². The molecule has 0 atom stereocenters. The first-order chi connectivity index (χ1) is 13.6. The molecule has 28 heavy (non-hydrogen) atoms. The molecule has 0 fully saturated rings. The average Bonchev–Trinajstić information content (AvgIpc) is 2.75. The molecule has 0 aromatic heterocycles. The van der Waals surface area contributed by atoms with Crippen LogP contribution in [0.25, 0.3) is 0 Å². The number of ether oxygens (including phenoxy) is 2. The standard InChI is InChI=1S/C22H20N2O4/c1-27-21(25)17-7-3-5-9-19(17)23-15-11-13-16(14-12-15)24-20-10-6-4-8-18(20)22(26)28-2/h3-14,23-24H,1-2H3. The van der Waals surface area contributed by atoms with E-state index in [0.29, 0.717) is 22.5 Å². The van der Waals surface area contributed by atoms with Gasteiger partial charge >= 0.3 is 11.9 Å². The van der Waals surface area contributed by atoms with Crippen LogP contribution in [0, 0.1) is 0 Å². The summed E-state index contributed by atoms with van der Waals surface area (Å²) < 4.78 is 9.63. The Hall–Kier alpha value is -3.80. The van der Waals surface area contributed by atoms with Crippen molar-refractivity contribution < 1.29 is 19.1 Å². The number of para-hydroxylation sites is 2. The fraction of sp³-hybridized carbons (Fsp3) is 0.0909. The maximum absolute atomic E-state index is 11.9. The number of anilines is 4. The lowest BCUT2D eigenvalue weighted by Gasteiger charge is -2.13. The quantitative estimate of drug-likeness (QED) is 0.605. The highest BCUT2D eigenvalue weighted by molar-refractivity contribution is 5.97. The van der Waals surface area contributed by atoms with Gasteiger partial charge in [-0.1, -0.05) is 24.3 Å². The van der Waals surface area contributed by atoms with Crippen LogP contribution in [0.3, 0.4) is 0 Å². The number of hydrogen-bond donors (Lipinski definition) is 2. The summed E-state index contributed by atoms with van der Waals surface area (Å²) in [5, 5.41) is 6.43. The third-order valence-corrected chi connectivity index (χ3v) is 4.11. The minimum absolute atomic E-state index is 0.402. The van der Waals surface area contributed by atoms with E-state index in [1.165, 1.54) is 14.2 Å². The minimum Gasteiger partial charge on any atom is -0.465 e. The molecule has 0 unspecified atom stereocenters. The molecule has 0 bridgehead atoms. The molecule has 6 heteroatoms. The summed E-state index contributed by atoms with van der Waals surface area (Å²) in [5.74, 6) is -0.804. The Morgan fingerprint density at radius 1 is 0.607 bits per heavy atom. The molecular weight excluding hydrogens is 356 g/mol. The van der Waals surface area contributed by atoms with Crippen LogP contribution in [-0.2, 0) is 9.47 Å². The Bertz CT molecular complexity index is 903. The van der Waals surface area contributed by atoms with Crippen LogP contribution in [0.1, 0.15) is 20.7 Å². The summed E-state index contributed by atoms with van der Waals surface area (Å²) in [6, 6.07) is 21.8. The third-order valence-electron chi connectivity index (χ3n) is 4.11. The topological polar surface area (TPSA) is 76.7 Å². The van der Waals surface area contributed by atoms with E-state index in [-0.39, 0.29) is 0 Å². The highest BCUT2D eigenvalue weighted by Crippen LogP contribution is 2.25. The molecule has 0 spiro atoms. The van der Waals surface area contributed by atoms with Gasteiger partial charge in [0.1, 0.15) is 0 Å². The predicted molar refractivity (Wildman–Crippen MR) is 109 cm³/mol. The van der Waals surface area contributed by atoms with E-state index in [2.05, 4.69) is 10.6 Å². The molecule has 0 saturated heterocycles. The number of esters is 2. The maximum Gasteiger partial charge on any atom is 0.339 e. The number of nitrogens with one attached hydrogen (secondary N) is 2. The van der Waals surface area contributed by atoms with E-state index < -0.39 is 11.9 Å². The van der Waals surface area contributed by atoms with Crippen molar-refractivity contribution in [3.8, 4) is 0 Å². The fourth-order valence-electron chi connectivity index (χ4n) is 2.71. The van der Waals surface area contributed by atoms with Crippen molar-refractivity contribution in [3.05, 3.63) is 83.9 Å². The summed E-state index contributed by atoms with van der Waals surface area (Å²) in [6.45, 7) is 0. The molecule has 0 saturated carbocycles. The molecule has 0 radical (unpaired) electrons. The van der Waals surface area contributed by atoms with Crippen LogP contribution < -0.4 is 10.6 Å². The number of hydrogen-bond acceptors (Lipinski definition) is 6. The number of carbonyl (C=O) groups excluding carboxylic acids is 2. The average molecular weight is 376 g/mol. The molecule has 0 aliphatic carbocycles. The maximum atomic E-state index is 11.9. The zero-order valence-corrected chi connectivity index (χ0v) is 15.6. The van der Waals surface area contributed by atoms with Crippen LogP contribution in [0.4, 0.5) is 22.7 Å². The molecule has 0 aliphatic rings. The first-order valence-corrected chi connectivity index (χ1v) is 8.61. The lowest BCUT2D eigenvalue weighted by molar-refractivity contribution is 0.0593. The Morgan fingerprint density at radius 3 is 1.32 bits per heavy atom. The van der Waals surface area contributed by atoms with E-state index in [4.69, 9.17) is 9.47 Å². The molecular formula is C22H20N2O4. The van der Waals surface area contributed by atoms with Crippen molar-refractivity contribution >= 4 is 34.7 Å². The van der Waals surface area contributed by atoms with Crippen LogP contribution in [0.5, 0.6) is 0 Å². The van der Waals surface area contributed by atoms with Crippen LogP contribution in [-0.4, -0.2) is 26.2 Å².